The highest BCUT2D eigenvalue weighted by molar-refractivity contribution is 6.16. The Hall–Kier alpha value is -2.10. The summed E-state index contributed by atoms with van der Waals surface area (Å²) in [6, 6.07) is 3.13. The Balaban J connectivity index is 2.74. The number of hydrogen-bond donors (Lipinski definition) is 0. The zero-order chi connectivity index (χ0) is 11.7. The summed E-state index contributed by atoms with van der Waals surface area (Å²) in [6.45, 7) is 5.48. The summed E-state index contributed by atoms with van der Waals surface area (Å²) in [5.41, 5.74) is 1.36. The minimum atomic E-state index is -0.476. The number of pyridine rings is 1. The average Bonchev–Trinajstić information content (AvgIpc) is 2.27. The summed E-state index contributed by atoms with van der Waals surface area (Å²) < 4.78 is 6.23. The van der Waals surface area contributed by atoms with E-state index in [9.17, 15) is 9.59 Å². The summed E-state index contributed by atoms with van der Waals surface area (Å²) in [5, 5.41) is 0. The van der Waals surface area contributed by atoms with Crippen LogP contribution in [0.2, 0.25) is 0 Å². The van der Waals surface area contributed by atoms with E-state index in [1.54, 1.807) is 6.07 Å². The zero-order valence-electron chi connectivity index (χ0n) is 8.90. The molecule has 0 amide bonds. The summed E-state index contributed by atoms with van der Waals surface area (Å²) in [4.78, 5) is 22.9. The number of nitrogens with zero attached hydrogens (tertiary/aromatic N) is 1. The average molecular weight is 217 g/mol. The molecule has 1 aromatic rings. The lowest BCUT2D eigenvalue weighted by atomic mass is 10.1. The number of esters is 1. The Morgan fingerprint density at radius 3 is 2.88 bits per heavy atom. The third-order valence-electron chi connectivity index (χ3n) is 2.42. The van der Waals surface area contributed by atoms with E-state index in [4.69, 9.17) is 4.74 Å². The van der Waals surface area contributed by atoms with Crippen molar-refractivity contribution in [1.29, 1.82) is 0 Å². The summed E-state index contributed by atoms with van der Waals surface area (Å²) in [6.07, 6.45) is 3.67. The van der Waals surface area contributed by atoms with Crippen LogP contribution in [-0.2, 0) is 16.3 Å². The van der Waals surface area contributed by atoms with Crippen molar-refractivity contribution in [2.75, 3.05) is 0 Å². The van der Waals surface area contributed by atoms with Gasteiger partial charge in [-0.25, -0.2) is 4.79 Å². The standard InChI is InChI=1S/C12H11NO3/c1-3-4-9-5-6-10(14)13-7-16-12(15)8(2)11(9)13/h3-6H,2,7H2,1H3/b4-3-. The van der Waals surface area contributed by atoms with Crippen molar-refractivity contribution < 1.29 is 9.53 Å². The monoisotopic (exact) mass is 217 g/mol. The highest BCUT2D eigenvalue weighted by Crippen LogP contribution is 2.22. The molecule has 1 aliphatic heterocycles. The van der Waals surface area contributed by atoms with E-state index in [1.165, 1.54) is 10.6 Å². The lowest BCUT2D eigenvalue weighted by molar-refractivity contribution is -0.141. The van der Waals surface area contributed by atoms with Crippen LogP contribution < -0.4 is 5.56 Å². The molecule has 0 aromatic carbocycles. The third kappa shape index (κ3) is 1.48. The molecular formula is C12H11NO3. The van der Waals surface area contributed by atoms with Crippen LogP contribution in [0, 0.1) is 0 Å². The largest absolute Gasteiger partial charge is 0.440 e. The summed E-state index contributed by atoms with van der Waals surface area (Å²) in [5.74, 6) is -0.476. The predicted molar refractivity (Wildman–Crippen MR) is 60.5 cm³/mol. The van der Waals surface area contributed by atoms with Gasteiger partial charge in [-0.15, -0.1) is 0 Å². The minimum Gasteiger partial charge on any atom is -0.440 e. The Morgan fingerprint density at radius 2 is 2.19 bits per heavy atom. The Morgan fingerprint density at radius 1 is 1.44 bits per heavy atom. The number of cyclic esters (lactones) is 1. The molecule has 0 N–H and O–H groups in total. The minimum absolute atomic E-state index is 0.0442. The normalized spacial score (nSPS) is 15.1. The molecule has 2 heterocycles. The van der Waals surface area contributed by atoms with Gasteiger partial charge in [0.05, 0.1) is 11.3 Å². The van der Waals surface area contributed by atoms with Gasteiger partial charge in [0.15, 0.2) is 6.73 Å². The fraction of sp³-hybridized carbons (Fsp3) is 0.167. The second-order valence-corrected chi connectivity index (χ2v) is 3.44. The van der Waals surface area contributed by atoms with Crippen LogP contribution in [-0.4, -0.2) is 10.5 Å². The van der Waals surface area contributed by atoms with Gasteiger partial charge < -0.3 is 4.74 Å². The second-order valence-electron chi connectivity index (χ2n) is 3.44. The Bertz CT molecular complexity index is 552. The van der Waals surface area contributed by atoms with Gasteiger partial charge in [0.2, 0.25) is 0 Å². The zero-order valence-corrected chi connectivity index (χ0v) is 8.90. The van der Waals surface area contributed by atoms with Gasteiger partial charge in [0.25, 0.3) is 5.56 Å². The molecule has 4 heteroatoms. The smallest absolute Gasteiger partial charge is 0.341 e. The molecule has 0 bridgehead atoms. The fourth-order valence-corrected chi connectivity index (χ4v) is 1.68. The Labute approximate surface area is 92.5 Å². The molecule has 1 aromatic heterocycles. The molecule has 16 heavy (non-hydrogen) atoms. The molecule has 0 unspecified atom stereocenters. The van der Waals surface area contributed by atoms with Crippen LogP contribution in [0.3, 0.4) is 0 Å². The molecule has 2 rings (SSSR count). The van der Waals surface area contributed by atoms with Crippen molar-refractivity contribution >= 4 is 17.6 Å². The maximum atomic E-state index is 11.6. The van der Waals surface area contributed by atoms with Crippen molar-refractivity contribution in [2.45, 2.75) is 13.7 Å². The van der Waals surface area contributed by atoms with E-state index in [1.807, 2.05) is 19.1 Å². The van der Waals surface area contributed by atoms with Crippen LogP contribution in [0.4, 0.5) is 0 Å². The van der Waals surface area contributed by atoms with Crippen LogP contribution in [0.5, 0.6) is 0 Å². The SMILES string of the molecule is C=C1C(=O)OCn2c1c(/C=C\C)ccc2=O. The number of ether oxygens (including phenoxy) is 1. The van der Waals surface area contributed by atoms with E-state index in [0.29, 0.717) is 5.69 Å². The van der Waals surface area contributed by atoms with E-state index < -0.39 is 5.97 Å². The first-order valence-corrected chi connectivity index (χ1v) is 4.88. The summed E-state index contributed by atoms with van der Waals surface area (Å²) >= 11 is 0. The second kappa shape index (κ2) is 3.81. The quantitative estimate of drug-likeness (QED) is 0.528. The highest BCUT2D eigenvalue weighted by Gasteiger charge is 2.23. The number of allylic oxidation sites excluding steroid dienone is 1. The van der Waals surface area contributed by atoms with Gasteiger partial charge in [-0.1, -0.05) is 18.7 Å². The van der Waals surface area contributed by atoms with Gasteiger partial charge in [-0.2, -0.15) is 0 Å². The van der Waals surface area contributed by atoms with Crippen LogP contribution in [0.1, 0.15) is 18.2 Å². The number of rotatable bonds is 1. The molecule has 0 fully saturated rings. The first-order chi connectivity index (χ1) is 7.65. The van der Waals surface area contributed by atoms with Crippen molar-refractivity contribution in [3.05, 3.63) is 46.4 Å². The third-order valence-corrected chi connectivity index (χ3v) is 2.42. The van der Waals surface area contributed by atoms with Gasteiger partial charge in [-0.3, -0.25) is 9.36 Å². The van der Waals surface area contributed by atoms with E-state index >= 15 is 0 Å². The number of carbonyl (C=O) groups is 1. The molecule has 4 nitrogen and oxygen atoms in total. The van der Waals surface area contributed by atoms with Crippen LogP contribution in [0.25, 0.3) is 11.6 Å². The van der Waals surface area contributed by atoms with Gasteiger partial charge >= 0.3 is 5.97 Å². The lowest BCUT2D eigenvalue weighted by Crippen LogP contribution is -2.31. The first-order valence-electron chi connectivity index (χ1n) is 4.88. The number of hydrogen-bond acceptors (Lipinski definition) is 3. The van der Waals surface area contributed by atoms with Gasteiger partial charge in [0.1, 0.15) is 0 Å². The topological polar surface area (TPSA) is 48.3 Å². The maximum absolute atomic E-state index is 11.6. The van der Waals surface area contributed by atoms with Crippen molar-refractivity contribution in [1.82, 2.24) is 4.57 Å². The van der Waals surface area contributed by atoms with Crippen molar-refractivity contribution in [3.63, 3.8) is 0 Å². The molecule has 0 spiro atoms. The molecule has 82 valence electrons. The molecule has 0 saturated carbocycles. The molecule has 0 atom stereocenters. The number of carbonyl (C=O) groups excluding carboxylic acids is 1. The van der Waals surface area contributed by atoms with Crippen molar-refractivity contribution in [3.8, 4) is 0 Å². The fourth-order valence-electron chi connectivity index (χ4n) is 1.68. The van der Waals surface area contributed by atoms with E-state index in [0.717, 1.165) is 5.56 Å². The van der Waals surface area contributed by atoms with Gasteiger partial charge in [0, 0.05) is 6.07 Å². The molecule has 0 radical (unpaired) electrons. The predicted octanol–water partition coefficient (Wildman–Crippen LogP) is 1.41. The van der Waals surface area contributed by atoms with Crippen LogP contribution >= 0.6 is 0 Å². The molecule has 0 saturated heterocycles. The molecular weight excluding hydrogens is 206 g/mol. The maximum Gasteiger partial charge on any atom is 0.341 e. The van der Waals surface area contributed by atoms with E-state index in [2.05, 4.69) is 6.58 Å². The number of aromatic nitrogens is 1. The lowest BCUT2D eigenvalue weighted by Gasteiger charge is -2.21. The first kappa shape index (κ1) is 10.4. The number of fused-ring (bicyclic) bond motifs is 1. The molecule has 0 aliphatic carbocycles. The highest BCUT2D eigenvalue weighted by atomic mass is 16.5. The molecule has 1 aliphatic rings. The Kier molecular flexibility index (Phi) is 2.48. The van der Waals surface area contributed by atoms with Gasteiger partial charge in [-0.05, 0) is 18.6 Å². The van der Waals surface area contributed by atoms with Crippen LogP contribution in [0.15, 0.2) is 29.6 Å². The van der Waals surface area contributed by atoms with Crippen molar-refractivity contribution in [2.24, 2.45) is 0 Å². The van der Waals surface area contributed by atoms with E-state index in [-0.39, 0.29) is 17.9 Å². The summed E-state index contributed by atoms with van der Waals surface area (Å²) in [7, 11) is 0.